The quantitative estimate of drug-likeness (QED) is 0.699. The molecule has 0 atom stereocenters. The molecule has 1 amide bonds. The van der Waals surface area contributed by atoms with Crippen LogP contribution < -0.4 is 5.32 Å². The van der Waals surface area contributed by atoms with Gasteiger partial charge >= 0.3 is 0 Å². The van der Waals surface area contributed by atoms with Crippen LogP contribution in [-0.4, -0.2) is 23.2 Å². The zero-order valence-corrected chi connectivity index (χ0v) is 7.99. The topological polar surface area (TPSA) is 59.1 Å². The van der Waals surface area contributed by atoms with Crippen LogP contribution in [0.25, 0.3) is 0 Å². The Labute approximate surface area is 82.3 Å². The molecule has 0 spiro atoms. The number of carbonyl (C=O) groups excluding carboxylic acids is 2. The van der Waals surface area contributed by atoms with E-state index in [0.717, 1.165) is 5.56 Å². The first kappa shape index (κ1) is 10.4. The van der Waals surface area contributed by atoms with Gasteiger partial charge in [-0.1, -0.05) is 0 Å². The van der Waals surface area contributed by atoms with Crippen molar-refractivity contribution in [3.8, 4) is 0 Å². The fraction of sp³-hybridized carbons (Fsp3) is 0.300. The summed E-state index contributed by atoms with van der Waals surface area (Å²) in [5.41, 5.74) is 1.09. The molecule has 0 bridgehead atoms. The van der Waals surface area contributed by atoms with E-state index in [1.165, 1.54) is 6.92 Å². The fourth-order valence-corrected chi connectivity index (χ4v) is 0.994. The lowest BCUT2D eigenvalue weighted by molar-refractivity contribution is -0.136. The summed E-state index contributed by atoms with van der Waals surface area (Å²) >= 11 is 0. The predicted molar refractivity (Wildman–Crippen MR) is 51.6 cm³/mol. The highest BCUT2D eigenvalue weighted by molar-refractivity contribution is 6.35. The van der Waals surface area contributed by atoms with Crippen LogP contribution in [-0.2, 0) is 16.0 Å². The van der Waals surface area contributed by atoms with Crippen molar-refractivity contribution in [1.29, 1.82) is 0 Å². The SMILES string of the molecule is CC(=O)C(=O)NCCc1ccncc1. The van der Waals surface area contributed by atoms with Crippen molar-refractivity contribution in [2.24, 2.45) is 0 Å². The van der Waals surface area contributed by atoms with Crippen LogP contribution in [0.5, 0.6) is 0 Å². The molecular formula is C10H12N2O2. The summed E-state index contributed by atoms with van der Waals surface area (Å²) in [6.45, 7) is 1.73. The van der Waals surface area contributed by atoms with Gasteiger partial charge in [-0.05, 0) is 24.1 Å². The molecular weight excluding hydrogens is 180 g/mol. The van der Waals surface area contributed by atoms with Gasteiger partial charge in [-0.15, -0.1) is 0 Å². The second-order valence-electron chi connectivity index (χ2n) is 2.92. The first-order chi connectivity index (χ1) is 6.70. The molecule has 0 fully saturated rings. The van der Waals surface area contributed by atoms with Crippen LogP contribution in [0.15, 0.2) is 24.5 Å². The van der Waals surface area contributed by atoms with Crippen LogP contribution >= 0.6 is 0 Å². The number of nitrogens with zero attached hydrogens (tertiary/aromatic N) is 1. The molecule has 14 heavy (non-hydrogen) atoms. The van der Waals surface area contributed by atoms with Crippen molar-refractivity contribution in [3.05, 3.63) is 30.1 Å². The van der Waals surface area contributed by atoms with Gasteiger partial charge in [0.05, 0.1) is 0 Å². The van der Waals surface area contributed by atoms with Crippen LogP contribution in [0.3, 0.4) is 0 Å². The number of rotatable bonds is 4. The number of pyridine rings is 1. The van der Waals surface area contributed by atoms with E-state index in [2.05, 4.69) is 10.3 Å². The summed E-state index contributed by atoms with van der Waals surface area (Å²) in [4.78, 5) is 25.3. The number of nitrogens with one attached hydrogen (secondary N) is 1. The van der Waals surface area contributed by atoms with Crippen LogP contribution in [0.4, 0.5) is 0 Å². The Morgan fingerprint density at radius 1 is 1.36 bits per heavy atom. The van der Waals surface area contributed by atoms with Gasteiger partial charge in [0.25, 0.3) is 5.91 Å². The van der Waals surface area contributed by atoms with E-state index in [-0.39, 0.29) is 0 Å². The van der Waals surface area contributed by atoms with E-state index in [9.17, 15) is 9.59 Å². The van der Waals surface area contributed by atoms with Crippen LogP contribution in [0.1, 0.15) is 12.5 Å². The molecule has 0 aromatic carbocycles. The molecule has 1 aromatic rings. The number of hydrogen-bond acceptors (Lipinski definition) is 3. The minimum absolute atomic E-state index is 0.459. The van der Waals surface area contributed by atoms with Gasteiger partial charge in [-0.3, -0.25) is 14.6 Å². The molecule has 0 aliphatic heterocycles. The highest BCUT2D eigenvalue weighted by atomic mass is 16.2. The van der Waals surface area contributed by atoms with Crippen molar-refractivity contribution >= 4 is 11.7 Å². The van der Waals surface area contributed by atoms with E-state index in [0.29, 0.717) is 13.0 Å². The third-order valence-corrected chi connectivity index (χ3v) is 1.77. The monoisotopic (exact) mass is 192 g/mol. The number of Topliss-reactive ketones (excluding diaryl/α,β-unsaturated/α-hetero) is 1. The van der Waals surface area contributed by atoms with Crippen molar-refractivity contribution in [3.63, 3.8) is 0 Å². The molecule has 1 heterocycles. The van der Waals surface area contributed by atoms with E-state index in [4.69, 9.17) is 0 Å². The number of aromatic nitrogens is 1. The first-order valence-electron chi connectivity index (χ1n) is 4.38. The minimum Gasteiger partial charge on any atom is -0.349 e. The van der Waals surface area contributed by atoms with Crippen LogP contribution in [0.2, 0.25) is 0 Å². The zero-order chi connectivity index (χ0) is 10.4. The van der Waals surface area contributed by atoms with E-state index in [1.54, 1.807) is 12.4 Å². The maximum Gasteiger partial charge on any atom is 0.287 e. The summed E-state index contributed by atoms with van der Waals surface area (Å²) < 4.78 is 0. The lowest BCUT2D eigenvalue weighted by atomic mass is 10.2. The molecule has 1 rings (SSSR count). The lowest BCUT2D eigenvalue weighted by Crippen LogP contribution is -2.30. The Balaban J connectivity index is 2.29. The van der Waals surface area contributed by atoms with Crippen molar-refractivity contribution in [2.45, 2.75) is 13.3 Å². The Morgan fingerprint density at radius 3 is 2.57 bits per heavy atom. The lowest BCUT2D eigenvalue weighted by Gasteiger charge is -2.02. The highest BCUT2D eigenvalue weighted by Crippen LogP contribution is 1.95. The summed E-state index contributed by atoms with van der Waals surface area (Å²) in [6.07, 6.45) is 4.10. The number of amides is 1. The van der Waals surface area contributed by atoms with Crippen molar-refractivity contribution < 1.29 is 9.59 Å². The smallest absolute Gasteiger partial charge is 0.287 e. The Kier molecular flexibility index (Phi) is 3.79. The van der Waals surface area contributed by atoms with Gasteiger partial charge in [0.15, 0.2) is 0 Å². The largest absolute Gasteiger partial charge is 0.349 e. The van der Waals surface area contributed by atoms with E-state index >= 15 is 0 Å². The van der Waals surface area contributed by atoms with E-state index < -0.39 is 11.7 Å². The third kappa shape index (κ3) is 3.35. The number of ketones is 1. The average Bonchev–Trinajstić information content (AvgIpc) is 2.19. The molecule has 1 aromatic heterocycles. The second kappa shape index (κ2) is 5.11. The van der Waals surface area contributed by atoms with Gasteiger partial charge in [-0.2, -0.15) is 0 Å². The molecule has 0 radical (unpaired) electrons. The minimum atomic E-state index is -0.529. The summed E-state index contributed by atoms with van der Waals surface area (Å²) in [7, 11) is 0. The van der Waals surface area contributed by atoms with E-state index in [1.807, 2.05) is 12.1 Å². The average molecular weight is 192 g/mol. The van der Waals surface area contributed by atoms with Gasteiger partial charge in [0.1, 0.15) is 0 Å². The van der Waals surface area contributed by atoms with Crippen LogP contribution in [0, 0.1) is 0 Å². The maximum absolute atomic E-state index is 10.9. The number of carbonyl (C=O) groups is 2. The van der Waals surface area contributed by atoms with Gasteiger partial charge in [0, 0.05) is 25.9 Å². The first-order valence-corrected chi connectivity index (χ1v) is 4.38. The predicted octanol–water partition coefficient (Wildman–Crippen LogP) is 0.329. The van der Waals surface area contributed by atoms with Crippen molar-refractivity contribution in [2.75, 3.05) is 6.54 Å². The molecule has 0 aliphatic rings. The molecule has 0 saturated carbocycles. The summed E-state index contributed by atoms with van der Waals surface area (Å²) in [5, 5.41) is 2.52. The van der Waals surface area contributed by atoms with Crippen molar-refractivity contribution in [1.82, 2.24) is 10.3 Å². The molecule has 4 heteroatoms. The molecule has 1 N–H and O–H groups in total. The van der Waals surface area contributed by atoms with Gasteiger partial charge in [0.2, 0.25) is 5.78 Å². The van der Waals surface area contributed by atoms with Gasteiger partial charge < -0.3 is 5.32 Å². The summed E-state index contributed by atoms with van der Waals surface area (Å²) in [5.74, 6) is -0.987. The maximum atomic E-state index is 10.9. The summed E-state index contributed by atoms with van der Waals surface area (Å²) in [6, 6.07) is 3.75. The molecule has 0 saturated heterocycles. The zero-order valence-electron chi connectivity index (χ0n) is 7.99. The Morgan fingerprint density at radius 2 is 2.00 bits per heavy atom. The molecule has 0 unspecified atom stereocenters. The standard InChI is InChI=1S/C10H12N2O2/c1-8(13)10(14)12-7-4-9-2-5-11-6-3-9/h2-3,5-6H,4,7H2,1H3,(H,12,14). The molecule has 4 nitrogen and oxygen atoms in total. The third-order valence-electron chi connectivity index (χ3n) is 1.77. The Bertz CT molecular complexity index is 322. The normalized spacial score (nSPS) is 9.50. The molecule has 74 valence electrons. The fourth-order valence-electron chi connectivity index (χ4n) is 0.994. The Hall–Kier alpha value is -1.71. The number of hydrogen-bond donors (Lipinski definition) is 1. The second-order valence-corrected chi connectivity index (χ2v) is 2.92. The highest BCUT2D eigenvalue weighted by Gasteiger charge is 2.04. The van der Waals surface area contributed by atoms with Gasteiger partial charge in [-0.25, -0.2) is 0 Å². The molecule has 0 aliphatic carbocycles.